The molecule has 2 fully saturated rings. The van der Waals surface area contributed by atoms with Crippen LogP contribution in [0.5, 0.6) is 0 Å². The van der Waals surface area contributed by atoms with Crippen LogP contribution in [0.2, 0.25) is 0 Å². The van der Waals surface area contributed by atoms with E-state index in [9.17, 15) is 0 Å². The molecule has 2 saturated carbocycles. The minimum absolute atomic E-state index is 0.444. The van der Waals surface area contributed by atoms with Gasteiger partial charge in [-0.1, -0.05) is 19.3 Å². The zero-order valence-electron chi connectivity index (χ0n) is 10.1. The molecule has 0 unspecified atom stereocenters. The smallest absolute Gasteiger partial charge is 0.0153 e. The Morgan fingerprint density at radius 2 is 1.80 bits per heavy atom. The van der Waals surface area contributed by atoms with Crippen molar-refractivity contribution >= 4 is 0 Å². The van der Waals surface area contributed by atoms with E-state index in [4.69, 9.17) is 0 Å². The molecule has 2 aliphatic rings. The van der Waals surface area contributed by atoms with Crippen LogP contribution in [0.4, 0.5) is 0 Å². The minimum Gasteiger partial charge on any atom is -0.315 e. The lowest BCUT2D eigenvalue weighted by Gasteiger charge is -2.34. The van der Waals surface area contributed by atoms with E-state index in [1.54, 1.807) is 0 Å². The Balaban J connectivity index is 1.51. The lowest BCUT2D eigenvalue weighted by Crippen LogP contribution is -2.46. The molecular weight excluding hydrogens is 184 g/mol. The zero-order valence-corrected chi connectivity index (χ0v) is 10.1. The quantitative estimate of drug-likeness (QED) is 0.657. The standard InChI is InChI=1S/C13H26N2/c1-13(7-3-2-4-8-13)15-10-9-14-11-12-5-6-12/h12,14-15H,2-11H2,1H3. The van der Waals surface area contributed by atoms with Crippen molar-refractivity contribution in [1.29, 1.82) is 0 Å². The molecule has 2 aliphatic carbocycles. The fourth-order valence-corrected chi connectivity index (χ4v) is 2.59. The van der Waals surface area contributed by atoms with Crippen LogP contribution in [0.1, 0.15) is 51.9 Å². The molecule has 2 nitrogen and oxygen atoms in total. The molecule has 2 heteroatoms. The Kier molecular flexibility index (Phi) is 4.04. The van der Waals surface area contributed by atoms with Gasteiger partial charge in [-0.05, 0) is 45.1 Å². The molecule has 2 N–H and O–H groups in total. The average Bonchev–Trinajstić information content (AvgIpc) is 3.02. The Labute approximate surface area is 94.2 Å². The van der Waals surface area contributed by atoms with Gasteiger partial charge in [0.05, 0.1) is 0 Å². The summed E-state index contributed by atoms with van der Waals surface area (Å²) in [7, 11) is 0. The van der Waals surface area contributed by atoms with Gasteiger partial charge in [0.2, 0.25) is 0 Å². The molecular formula is C13H26N2. The van der Waals surface area contributed by atoms with Crippen molar-refractivity contribution in [1.82, 2.24) is 10.6 Å². The SMILES string of the molecule is CC1(NCCNCC2CC2)CCCCC1. The Hall–Kier alpha value is -0.0800. The molecule has 0 amide bonds. The van der Waals surface area contributed by atoms with Gasteiger partial charge in [-0.2, -0.15) is 0 Å². The van der Waals surface area contributed by atoms with Gasteiger partial charge in [0.15, 0.2) is 0 Å². The number of hydrogen-bond donors (Lipinski definition) is 2. The van der Waals surface area contributed by atoms with Gasteiger partial charge in [-0.25, -0.2) is 0 Å². The van der Waals surface area contributed by atoms with Gasteiger partial charge in [0.1, 0.15) is 0 Å². The molecule has 88 valence electrons. The molecule has 0 bridgehead atoms. The number of hydrogen-bond acceptors (Lipinski definition) is 2. The van der Waals surface area contributed by atoms with Crippen LogP contribution >= 0.6 is 0 Å². The summed E-state index contributed by atoms with van der Waals surface area (Å²) in [5, 5.41) is 7.27. The second-order valence-electron chi connectivity index (χ2n) is 5.70. The first kappa shape index (κ1) is 11.4. The summed E-state index contributed by atoms with van der Waals surface area (Å²) in [6.07, 6.45) is 9.93. The van der Waals surface area contributed by atoms with E-state index in [0.717, 1.165) is 19.0 Å². The third-order valence-corrected chi connectivity index (χ3v) is 3.94. The summed E-state index contributed by atoms with van der Waals surface area (Å²) < 4.78 is 0. The predicted molar refractivity (Wildman–Crippen MR) is 65.1 cm³/mol. The van der Waals surface area contributed by atoms with Crippen LogP contribution in [-0.2, 0) is 0 Å². The van der Waals surface area contributed by atoms with Crippen LogP contribution < -0.4 is 10.6 Å². The summed E-state index contributed by atoms with van der Waals surface area (Å²) in [6.45, 7) is 5.93. The van der Waals surface area contributed by atoms with Crippen molar-refractivity contribution in [2.75, 3.05) is 19.6 Å². The molecule has 0 aromatic carbocycles. The van der Waals surface area contributed by atoms with Crippen molar-refractivity contribution in [2.45, 2.75) is 57.4 Å². The van der Waals surface area contributed by atoms with E-state index in [0.29, 0.717) is 5.54 Å². The molecule has 0 aliphatic heterocycles. The van der Waals surface area contributed by atoms with Crippen molar-refractivity contribution in [2.24, 2.45) is 5.92 Å². The van der Waals surface area contributed by atoms with Crippen LogP contribution in [-0.4, -0.2) is 25.2 Å². The summed E-state index contributed by atoms with van der Waals surface area (Å²) in [4.78, 5) is 0. The second-order valence-corrected chi connectivity index (χ2v) is 5.70. The zero-order chi connectivity index (χ0) is 10.6. The van der Waals surface area contributed by atoms with Gasteiger partial charge in [-0.3, -0.25) is 0 Å². The highest BCUT2D eigenvalue weighted by molar-refractivity contribution is 4.86. The molecule has 0 spiro atoms. The molecule has 0 heterocycles. The Bertz CT molecular complexity index is 181. The van der Waals surface area contributed by atoms with E-state index < -0.39 is 0 Å². The van der Waals surface area contributed by atoms with Crippen molar-refractivity contribution < 1.29 is 0 Å². The average molecular weight is 210 g/mol. The fraction of sp³-hybridized carbons (Fsp3) is 1.00. The van der Waals surface area contributed by atoms with Crippen LogP contribution in [0.15, 0.2) is 0 Å². The van der Waals surface area contributed by atoms with Gasteiger partial charge in [-0.15, -0.1) is 0 Å². The highest BCUT2D eigenvalue weighted by Gasteiger charge is 2.25. The first-order chi connectivity index (χ1) is 7.29. The number of nitrogens with one attached hydrogen (secondary N) is 2. The molecule has 15 heavy (non-hydrogen) atoms. The largest absolute Gasteiger partial charge is 0.315 e. The van der Waals surface area contributed by atoms with Gasteiger partial charge < -0.3 is 10.6 Å². The van der Waals surface area contributed by atoms with Crippen LogP contribution in [0, 0.1) is 5.92 Å². The first-order valence-corrected chi connectivity index (χ1v) is 6.74. The molecule has 0 atom stereocenters. The maximum Gasteiger partial charge on any atom is 0.0153 e. The summed E-state index contributed by atoms with van der Waals surface area (Å²) >= 11 is 0. The molecule has 0 radical (unpaired) electrons. The number of rotatable bonds is 6. The highest BCUT2D eigenvalue weighted by atomic mass is 15.0. The van der Waals surface area contributed by atoms with Crippen molar-refractivity contribution in [3.63, 3.8) is 0 Å². The fourth-order valence-electron chi connectivity index (χ4n) is 2.59. The third kappa shape index (κ3) is 4.12. The van der Waals surface area contributed by atoms with Crippen molar-refractivity contribution in [3.8, 4) is 0 Å². The minimum atomic E-state index is 0.444. The van der Waals surface area contributed by atoms with E-state index >= 15 is 0 Å². The first-order valence-electron chi connectivity index (χ1n) is 6.74. The molecule has 0 aromatic heterocycles. The topological polar surface area (TPSA) is 24.1 Å². The van der Waals surface area contributed by atoms with Crippen LogP contribution in [0.3, 0.4) is 0 Å². The summed E-state index contributed by atoms with van der Waals surface area (Å²) in [6, 6.07) is 0. The van der Waals surface area contributed by atoms with E-state index in [2.05, 4.69) is 17.6 Å². The van der Waals surface area contributed by atoms with E-state index in [1.165, 1.54) is 51.5 Å². The summed E-state index contributed by atoms with van der Waals surface area (Å²) in [5.74, 6) is 1.01. The van der Waals surface area contributed by atoms with Gasteiger partial charge >= 0.3 is 0 Å². The Morgan fingerprint density at radius 3 is 2.47 bits per heavy atom. The van der Waals surface area contributed by atoms with Gasteiger partial charge in [0.25, 0.3) is 0 Å². The van der Waals surface area contributed by atoms with E-state index in [-0.39, 0.29) is 0 Å². The molecule has 2 rings (SSSR count). The monoisotopic (exact) mass is 210 g/mol. The van der Waals surface area contributed by atoms with Crippen LogP contribution in [0.25, 0.3) is 0 Å². The lowest BCUT2D eigenvalue weighted by atomic mass is 9.83. The van der Waals surface area contributed by atoms with E-state index in [1.807, 2.05) is 0 Å². The molecule has 0 saturated heterocycles. The second kappa shape index (κ2) is 5.31. The maximum atomic E-state index is 3.73. The maximum absolute atomic E-state index is 3.73. The summed E-state index contributed by atoms with van der Waals surface area (Å²) in [5.41, 5.74) is 0.444. The highest BCUT2D eigenvalue weighted by Crippen LogP contribution is 2.28. The predicted octanol–water partition coefficient (Wildman–Crippen LogP) is 2.30. The van der Waals surface area contributed by atoms with Gasteiger partial charge in [0, 0.05) is 18.6 Å². The lowest BCUT2D eigenvalue weighted by molar-refractivity contribution is 0.255. The molecule has 0 aromatic rings. The van der Waals surface area contributed by atoms with Crippen molar-refractivity contribution in [3.05, 3.63) is 0 Å². The Morgan fingerprint density at radius 1 is 1.07 bits per heavy atom. The third-order valence-electron chi connectivity index (χ3n) is 3.94. The normalized spacial score (nSPS) is 25.4.